The minimum absolute atomic E-state index is 0.196. The lowest BCUT2D eigenvalue weighted by Crippen LogP contribution is -2.08. The molecule has 0 aliphatic carbocycles. The number of benzene rings is 3. The molecule has 0 spiro atoms. The fraction of sp³-hybridized carbons (Fsp3) is 0. The van der Waals surface area contributed by atoms with E-state index in [-0.39, 0.29) is 16.8 Å². The highest BCUT2D eigenvalue weighted by molar-refractivity contribution is 6.14. The maximum absolute atomic E-state index is 13.7. The molecule has 0 bridgehead atoms. The van der Waals surface area contributed by atoms with Crippen LogP contribution in [0.3, 0.4) is 0 Å². The number of anilines is 1. The van der Waals surface area contributed by atoms with Crippen LogP contribution in [0.25, 0.3) is 10.8 Å². The number of nitrogens with two attached hydrogens (primary N) is 1. The van der Waals surface area contributed by atoms with Crippen LogP contribution in [-0.4, -0.2) is 5.78 Å². The molecule has 3 aromatic carbocycles. The average molecular weight is 283 g/mol. The highest BCUT2D eigenvalue weighted by atomic mass is 19.1. The molecule has 104 valence electrons. The summed E-state index contributed by atoms with van der Waals surface area (Å²) in [5.41, 5.74) is 6.17. The molecule has 0 heterocycles. The lowest BCUT2D eigenvalue weighted by molar-refractivity contribution is 0.103. The SMILES string of the molecule is Nc1cc2ccccc2cc1C(=O)c1ccc(F)cc1F. The molecule has 3 rings (SSSR count). The third-order valence-electron chi connectivity index (χ3n) is 3.34. The number of ketones is 1. The standard InChI is InChI=1S/C17H11F2NO/c18-12-5-6-13(15(19)9-12)17(21)14-7-10-3-1-2-4-11(10)8-16(14)20/h1-9H,20H2. The monoisotopic (exact) mass is 283 g/mol. The van der Waals surface area contributed by atoms with Crippen LogP contribution >= 0.6 is 0 Å². The maximum Gasteiger partial charge on any atom is 0.198 e. The Bertz CT molecular complexity index is 859. The lowest BCUT2D eigenvalue weighted by Gasteiger charge is -2.08. The zero-order chi connectivity index (χ0) is 15.0. The second-order valence-electron chi connectivity index (χ2n) is 4.74. The van der Waals surface area contributed by atoms with Crippen LogP contribution in [0, 0.1) is 11.6 Å². The molecule has 0 saturated carbocycles. The first kappa shape index (κ1) is 13.2. The summed E-state index contributed by atoms with van der Waals surface area (Å²) in [4.78, 5) is 12.4. The number of hydrogen-bond donors (Lipinski definition) is 1. The number of rotatable bonds is 2. The van der Waals surface area contributed by atoms with Crippen LogP contribution in [-0.2, 0) is 0 Å². The van der Waals surface area contributed by atoms with E-state index < -0.39 is 17.4 Å². The molecule has 0 unspecified atom stereocenters. The third kappa shape index (κ3) is 2.36. The van der Waals surface area contributed by atoms with Crippen molar-refractivity contribution in [2.45, 2.75) is 0 Å². The average Bonchev–Trinajstić information content (AvgIpc) is 2.46. The summed E-state index contributed by atoms with van der Waals surface area (Å²) in [5.74, 6) is -2.18. The molecule has 0 amide bonds. The molecule has 0 saturated heterocycles. The van der Waals surface area contributed by atoms with Gasteiger partial charge >= 0.3 is 0 Å². The molecular formula is C17H11F2NO. The van der Waals surface area contributed by atoms with Crippen LogP contribution in [0.15, 0.2) is 54.6 Å². The summed E-state index contributed by atoms with van der Waals surface area (Å²) in [6.45, 7) is 0. The lowest BCUT2D eigenvalue weighted by atomic mass is 9.98. The molecule has 0 aromatic heterocycles. The first-order valence-electron chi connectivity index (χ1n) is 6.34. The van der Waals surface area contributed by atoms with E-state index in [0.717, 1.165) is 22.9 Å². The van der Waals surface area contributed by atoms with Gasteiger partial charge in [0.15, 0.2) is 5.78 Å². The van der Waals surface area contributed by atoms with Crippen LogP contribution < -0.4 is 5.73 Å². The van der Waals surface area contributed by atoms with Gasteiger partial charge in [-0.1, -0.05) is 24.3 Å². The Kier molecular flexibility index (Phi) is 3.14. The van der Waals surface area contributed by atoms with Crippen molar-refractivity contribution in [3.63, 3.8) is 0 Å². The van der Waals surface area contributed by atoms with Crippen molar-refractivity contribution in [1.82, 2.24) is 0 Å². The van der Waals surface area contributed by atoms with Crippen LogP contribution in [0.4, 0.5) is 14.5 Å². The third-order valence-corrected chi connectivity index (χ3v) is 3.34. The van der Waals surface area contributed by atoms with Crippen LogP contribution in [0.5, 0.6) is 0 Å². The molecule has 2 N–H and O–H groups in total. The smallest absolute Gasteiger partial charge is 0.198 e. The van der Waals surface area contributed by atoms with Gasteiger partial charge < -0.3 is 5.73 Å². The zero-order valence-corrected chi connectivity index (χ0v) is 10.9. The van der Waals surface area contributed by atoms with E-state index >= 15 is 0 Å². The van der Waals surface area contributed by atoms with E-state index in [4.69, 9.17) is 5.73 Å². The summed E-state index contributed by atoms with van der Waals surface area (Å²) in [5, 5.41) is 1.73. The minimum Gasteiger partial charge on any atom is -0.398 e. The maximum atomic E-state index is 13.7. The Hall–Kier alpha value is -2.75. The van der Waals surface area contributed by atoms with Gasteiger partial charge in [0, 0.05) is 17.3 Å². The molecule has 0 aliphatic heterocycles. The van der Waals surface area contributed by atoms with Gasteiger partial charge in [0.1, 0.15) is 11.6 Å². The predicted molar refractivity (Wildman–Crippen MR) is 78.2 cm³/mol. The summed E-state index contributed by atoms with van der Waals surface area (Å²) < 4.78 is 26.7. The normalized spacial score (nSPS) is 10.8. The van der Waals surface area contributed by atoms with Crippen molar-refractivity contribution in [1.29, 1.82) is 0 Å². The summed E-state index contributed by atoms with van der Waals surface area (Å²) in [6.07, 6.45) is 0. The van der Waals surface area contributed by atoms with Gasteiger partial charge in [-0.3, -0.25) is 4.79 Å². The number of halogens is 2. The topological polar surface area (TPSA) is 43.1 Å². The number of carbonyl (C=O) groups excluding carboxylic acids is 1. The van der Waals surface area contributed by atoms with E-state index in [1.54, 1.807) is 12.1 Å². The molecule has 0 aliphatic rings. The highest BCUT2D eigenvalue weighted by Gasteiger charge is 2.17. The Labute approximate surface area is 119 Å². The number of fused-ring (bicyclic) bond motifs is 1. The molecular weight excluding hydrogens is 272 g/mol. The number of nitrogen functional groups attached to an aromatic ring is 1. The summed E-state index contributed by atoms with van der Waals surface area (Å²) in [7, 11) is 0. The first-order valence-corrected chi connectivity index (χ1v) is 6.34. The zero-order valence-electron chi connectivity index (χ0n) is 10.9. The van der Waals surface area contributed by atoms with Gasteiger partial charge in [0.25, 0.3) is 0 Å². The van der Waals surface area contributed by atoms with Gasteiger partial charge in [0.2, 0.25) is 0 Å². The minimum atomic E-state index is -0.896. The van der Waals surface area contributed by atoms with Gasteiger partial charge in [-0.2, -0.15) is 0 Å². The number of carbonyl (C=O) groups is 1. The van der Waals surface area contributed by atoms with Gasteiger partial charge in [0.05, 0.1) is 5.56 Å². The molecule has 21 heavy (non-hydrogen) atoms. The van der Waals surface area contributed by atoms with Gasteiger partial charge in [-0.25, -0.2) is 8.78 Å². The largest absolute Gasteiger partial charge is 0.398 e. The number of hydrogen-bond acceptors (Lipinski definition) is 2. The summed E-state index contributed by atoms with van der Waals surface area (Å²) in [6, 6.07) is 13.6. The summed E-state index contributed by atoms with van der Waals surface area (Å²) >= 11 is 0. The van der Waals surface area contributed by atoms with Gasteiger partial charge in [-0.05, 0) is 35.0 Å². The van der Waals surface area contributed by atoms with Crippen molar-refractivity contribution >= 4 is 22.2 Å². The molecule has 0 radical (unpaired) electrons. The van der Waals surface area contributed by atoms with E-state index in [0.29, 0.717) is 6.07 Å². The van der Waals surface area contributed by atoms with E-state index in [9.17, 15) is 13.6 Å². The van der Waals surface area contributed by atoms with E-state index in [1.165, 1.54) is 0 Å². The Balaban J connectivity index is 2.15. The Morgan fingerprint density at radius 2 is 1.52 bits per heavy atom. The Morgan fingerprint density at radius 1 is 0.857 bits per heavy atom. The van der Waals surface area contributed by atoms with Crippen LogP contribution in [0.2, 0.25) is 0 Å². The van der Waals surface area contributed by atoms with E-state index in [2.05, 4.69) is 0 Å². The molecule has 2 nitrogen and oxygen atoms in total. The van der Waals surface area contributed by atoms with Crippen molar-refractivity contribution in [3.05, 3.63) is 77.4 Å². The second-order valence-corrected chi connectivity index (χ2v) is 4.74. The van der Waals surface area contributed by atoms with Crippen molar-refractivity contribution in [3.8, 4) is 0 Å². The van der Waals surface area contributed by atoms with Crippen molar-refractivity contribution in [2.75, 3.05) is 5.73 Å². The highest BCUT2D eigenvalue weighted by Crippen LogP contribution is 2.25. The van der Waals surface area contributed by atoms with Crippen molar-refractivity contribution < 1.29 is 13.6 Å². The molecule has 0 fully saturated rings. The van der Waals surface area contributed by atoms with Crippen LogP contribution in [0.1, 0.15) is 15.9 Å². The fourth-order valence-corrected chi connectivity index (χ4v) is 2.27. The molecule has 0 atom stereocenters. The molecule has 3 aromatic rings. The van der Waals surface area contributed by atoms with Gasteiger partial charge in [-0.15, -0.1) is 0 Å². The fourth-order valence-electron chi connectivity index (χ4n) is 2.27. The predicted octanol–water partition coefficient (Wildman–Crippen LogP) is 3.93. The van der Waals surface area contributed by atoms with Crippen molar-refractivity contribution in [2.24, 2.45) is 0 Å². The van der Waals surface area contributed by atoms with E-state index in [1.807, 2.05) is 24.3 Å². The first-order chi connectivity index (χ1) is 10.1. The molecule has 4 heteroatoms. The Morgan fingerprint density at radius 3 is 2.19 bits per heavy atom. The quantitative estimate of drug-likeness (QED) is 0.572. The second kappa shape index (κ2) is 4.98.